The molecule has 1 aliphatic heterocycles. The van der Waals surface area contributed by atoms with Gasteiger partial charge in [0.05, 0.1) is 6.04 Å². The van der Waals surface area contributed by atoms with Gasteiger partial charge in [-0.3, -0.25) is 0 Å². The number of nitrogens with one attached hydrogen (secondary N) is 1. The molecule has 1 aliphatic rings. The van der Waals surface area contributed by atoms with Crippen LogP contribution in [0.25, 0.3) is 17.2 Å². The zero-order valence-electron chi connectivity index (χ0n) is 14.5. The van der Waals surface area contributed by atoms with Gasteiger partial charge in [0, 0.05) is 0 Å². The lowest BCUT2D eigenvalue weighted by molar-refractivity contribution is 0.647. The standard InChI is InChI=1S/C23H25N/c1-4-19-11-12-21(16-22(19)23-10-5-6-13-24-23)20-9-7-8-18(15-20)14-17(2)3/h4-13,15-17,23-24H,1,14H2,2-3H3. The quantitative estimate of drug-likeness (QED) is 0.723. The van der Waals surface area contributed by atoms with Gasteiger partial charge in [-0.1, -0.05) is 75.1 Å². The molecule has 1 heteroatoms. The normalized spacial score (nSPS) is 16.2. The van der Waals surface area contributed by atoms with Gasteiger partial charge >= 0.3 is 0 Å². The molecule has 2 aromatic carbocycles. The van der Waals surface area contributed by atoms with Crippen LogP contribution >= 0.6 is 0 Å². The van der Waals surface area contributed by atoms with Gasteiger partial charge in [0.15, 0.2) is 0 Å². The molecule has 1 atom stereocenters. The van der Waals surface area contributed by atoms with Crippen molar-refractivity contribution in [1.29, 1.82) is 0 Å². The first-order valence-electron chi connectivity index (χ1n) is 8.62. The van der Waals surface area contributed by atoms with Crippen molar-refractivity contribution in [2.45, 2.75) is 26.3 Å². The Balaban J connectivity index is 1.98. The minimum absolute atomic E-state index is 0.196. The Kier molecular flexibility index (Phi) is 5.00. The van der Waals surface area contributed by atoms with Crippen molar-refractivity contribution in [2.24, 2.45) is 5.92 Å². The van der Waals surface area contributed by atoms with Crippen LogP contribution in [0, 0.1) is 5.92 Å². The van der Waals surface area contributed by atoms with E-state index >= 15 is 0 Å². The summed E-state index contributed by atoms with van der Waals surface area (Å²) in [7, 11) is 0. The molecule has 0 spiro atoms. The molecule has 3 rings (SSSR count). The van der Waals surface area contributed by atoms with Gasteiger partial charge in [-0.2, -0.15) is 0 Å². The van der Waals surface area contributed by atoms with Crippen LogP contribution in [0.4, 0.5) is 0 Å². The highest BCUT2D eigenvalue weighted by atomic mass is 14.9. The third kappa shape index (κ3) is 3.68. The van der Waals surface area contributed by atoms with Crippen molar-refractivity contribution < 1.29 is 0 Å². The monoisotopic (exact) mass is 315 g/mol. The Morgan fingerprint density at radius 1 is 1.08 bits per heavy atom. The number of dihydropyridines is 1. The maximum Gasteiger partial charge on any atom is 0.0701 e. The highest BCUT2D eigenvalue weighted by Crippen LogP contribution is 2.29. The highest BCUT2D eigenvalue weighted by Gasteiger charge is 2.13. The average Bonchev–Trinajstić information content (AvgIpc) is 2.61. The molecule has 0 radical (unpaired) electrons. The first kappa shape index (κ1) is 16.3. The van der Waals surface area contributed by atoms with E-state index in [9.17, 15) is 0 Å². The molecule has 0 aliphatic carbocycles. The topological polar surface area (TPSA) is 12.0 Å². The Labute approximate surface area is 145 Å². The van der Waals surface area contributed by atoms with Gasteiger partial charge in [0.1, 0.15) is 0 Å². The van der Waals surface area contributed by atoms with Crippen LogP contribution in [0.1, 0.15) is 36.6 Å². The third-order valence-corrected chi connectivity index (χ3v) is 4.33. The summed E-state index contributed by atoms with van der Waals surface area (Å²) in [4.78, 5) is 0. The highest BCUT2D eigenvalue weighted by molar-refractivity contribution is 5.69. The van der Waals surface area contributed by atoms with Crippen LogP contribution in [-0.4, -0.2) is 0 Å². The smallest absolute Gasteiger partial charge is 0.0701 e. The predicted molar refractivity (Wildman–Crippen MR) is 105 cm³/mol. The fourth-order valence-electron chi connectivity index (χ4n) is 3.20. The van der Waals surface area contributed by atoms with Crippen LogP contribution < -0.4 is 5.32 Å². The van der Waals surface area contributed by atoms with E-state index in [1.54, 1.807) is 0 Å². The molecule has 24 heavy (non-hydrogen) atoms. The van der Waals surface area contributed by atoms with Crippen LogP contribution in [0.3, 0.4) is 0 Å². The second-order valence-electron chi connectivity index (χ2n) is 6.73. The van der Waals surface area contributed by atoms with Crippen LogP contribution in [0.2, 0.25) is 0 Å². The van der Waals surface area contributed by atoms with Gasteiger partial charge < -0.3 is 5.32 Å². The molecule has 1 unspecified atom stereocenters. The first-order valence-corrected chi connectivity index (χ1v) is 8.62. The average molecular weight is 315 g/mol. The van der Waals surface area contributed by atoms with E-state index < -0.39 is 0 Å². The van der Waals surface area contributed by atoms with E-state index in [-0.39, 0.29) is 6.04 Å². The summed E-state index contributed by atoms with van der Waals surface area (Å²) in [6.45, 7) is 8.49. The molecular weight excluding hydrogens is 290 g/mol. The minimum Gasteiger partial charge on any atom is -0.381 e. The molecule has 1 heterocycles. The molecule has 0 aromatic heterocycles. The Hall–Kier alpha value is -2.54. The van der Waals surface area contributed by atoms with Crippen molar-refractivity contribution in [1.82, 2.24) is 5.32 Å². The maximum atomic E-state index is 3.97. The summed E-state index contributed by atoms with van der Waals surface area (Å²) in [5.41, 5.74) is 6.37. The van der Waals surface area contributed by atoms with E-state index in [2.05, 4.69) is 80.4 Å². The van der Waals surface area contributed by atoms with Gasteiger partial charge in [0.25, 0.3) is 0 Å². The predicted octanol–water partition coefficient (Wildman–Crippen LogP) is 5.91. The summed E-state index contributed by atoms with van der Waals surface area (Å²) in [6.07, 6.45) is 11.3. The van der Waals surface area contributed by atoms with Gasteiger partial charge in [0.2, 0.25) is 0 Å². The molecule has 2 aromatic rings. The molecule has 0 saturated carbocycles. The molecule has 0 saturated heterocycles. The third-order valence-electron chi connectivity index (χ3n) is 4.33. The van der Waals surface area contributed by atoms with E-state index in [1.165, 1.54) is 27.8 Å². The number of rotatable bonds is 5. The van der Waals surface area contributed by atoms with Crippen LogP contribution in [-0.2, 0) is 6.42 Å². The van der Waals surface area contributed by atoms with Crippen molar-refractivity contribution >= 4 is 6.08 Å². The molecule has 0 bridgehead atoms. The number of hydrogen-bond donors (Lipinski definition) is 1. The van der Waals surface area contributed by atoms with Gasteiger partial charge in [-0.15, -0.1) is 0 Å². The van der Waals surface area contributed by atoms with E-state index in [1.807, 2.05) is 18.4 Å². The lowest BCUT2D eigenvalue weighted by Crippen LogP contribution is -2.16. The lowest BCUT2D eigenvalue weighted by atomic mass is 9.92. The SMILES string of the molecule is C=Cc1ccc(-c2cccc(CC(C)C)c2)cc1C1C=CC=CN1. The van der Waals surface area contributed by atoms with Gasteiger partial charge in [-0.25, -0.2) is 0 Å². The molecule has 1 nitrogen and oxygen atoms in total. The summed E-state index contributed by atoms with van der Waals surface area (Å²) < 4.78 is 0. The number of hydrogen-bond acceptors (Lipinski definition) is 1. The van der Waals surface area contributed by atoms with Crippen molar-refractivity contribution in [3.63, 3.8) is 0 Å². The van der Waals surface area contributed by atoms with E-state index in [0.29, 0.717) is 5.92 Å². The molecular formula is C23H25N. The Morgan fingerprint density at radius 3 is 2.62 bits per heavy atom. The fourth-order valence-corrected chi connectivity index (χ4v) is 3.20. The van der Waals surface area contributed by atoms with E-state index in [0.717, 1.165) is 6.42 Å². The zero-order chi connectivity index (χ0) is 16.9. The minimum atomic E-state index is 0.196. The summed E-state index contributed by atoms with van der Waals surface area (Å²) in [6, 6.07) is 15.7. The summed E-state index contributed by atoms with van der Waals surface area (Å²) in [5.74, 6) is 0.669. The Bertz CT molecular complexity index is 780. The molecule has 122 valence electrons. The molecule has 0 fully saturated rings. The largest absolute Gasteiger partial charge is 0.381 e. The summed E-state index contributed by atoms with van der Waals surface area (Å²) in [5, 5.41) is 3.41. The Morgan fingerprint density at radius 2 is 1.92 bits per heavy atom. The van der Waals surface area contributed by atoms with Gasteiger partial charge in [-0.05, 0) is 58.5 Å². The number of benzene rings is 2. The van der Waals surface area contributed by atoms with Crippen molar-refractivity contribution in [2.75, 3.05) is 0 Å². The first-order chi connectivity index (χ1) is 11.7. The molecule has 0 amide bonds. The second-order valence-corrected chi connectivity index (χ2v) is 6.73. The van der Waals surface area contributed by atoms with Crippen molar-refractivity contribution in [3.05, 3.63) is 90.2 Å². The maximum absolute atomic E-state index is 3.97. The van der Waals surface area contributed by atoms with E-state index in [4.69, 9.17) is 0 Å². The molecule has 1 N–H and O–H groups in total. The van der Waals surface area contributed by atoms with Crippen LogP contribution in [0.5, 0.6) is 0 Å². The summed E-state index contributed by atoms with van der Waals surface area (Å²) >= 11 is 0. The zero-order valence-corrected chi connectivity index (χ0v) is 14.5. The van der Waals surface area contributed by atoms with Crippen LogP contribution in [0.15, 0.2) is 73.5 Å². The number of allylic oxidation sites excluding steroid dienone is 2. The fraction of sp³-hybridized carbons (Fsp3) is 0.217. The lowest BCUT2D eigenvalue weighted by Gasteiger charge is -2.20. The van der Waals surface area contributed by atoms with Crippen molar-refractivity contribution in [3.8, 4) is 11.1 Å². The second kappa shape index (κ2) is 7.35.